The number of rotatable bonds is 5. The molecule has 0 aromatic heterocycles. The number of hydrogen-bond donors (Lipinski definition) is 1. The number of non-ortho nitro benzene ring substituents is 1. The maximum Gasteiger partial charge on any atom is 0.272 e. The van der Waals surface area contributed by atoms with E-state index in [4.69, 9.17) is 5.73 Å². The number of hydrogen-bond acceptors (Lipinski definition) is 3. The largest absolute Gasteiger partial charge is 0.327 e. The number of halogens is 1. The molecule has 0 fully saturated rings. The van der Waals surface area contributed by atoms with Crippen LogP contribution < -0.4 is 5.73 Å². The highest BCUT2D eigenvalue weighted by Crippen LogP contribution is 2.18. The third-order valence-electron chi connectivity index (χ3n) is 2.99. The predicted molar refractivity (Wildman–Crippen MR) is 74.9 cm³/mol. The molecule has 0 amide bonds. The van der Waals surface area contributed by atoms with Crippen LogP contribution in [0.1, 0.15) is 11.1 Å². The Morgan fingerprint density at radius 3 is 2.40 bits per heavy atom. The third kappa shape index (κ3) is 3.86. The molecule has 1 unspecified atom stereocenters. The Bertz CT molecular complexity index is 602. The lowest BCUT2D eigenvalue weighted by molar-refractivity contribution is -0.385. The average molecular weight is 274 g/mol. The highest BCUT2D eigenvalue weighted by atomic mass is 19.1. The van der Waals surface area contributed by atoms with Gasteiger partial charge in [-0.1, -0.05) is 30.3 Å². The molecule has 0 saturated carbocycles. The highest BCUT2D eigenvalue weighted by molar-refractivity contribution is 5.35. The zero-order valence-electron chi connectivity index (χ0n) is 10.8. The highest BCUT2D eigenvalue weighted by Gasteiger charge is 2.12. The van der Waals surface area contributed by atoms with Gasteiger partial charge in [0, 0.05) is 12.1 Å². The number of nitro benzene ring substituents is 1. The number of nitrogens with zero attached hydrogens (tertiary/aromatic N) is 1. The lowest BCUT2D eigenvalue weighted by Crippen LogP contribution is -2.25. The molecular weight excluding hydrogens is 259 g/mol. The van der Waals surface area contributed by atoms with Crippen molar-refractivity contribution in [1.29, 1.82) is 0 Å². The van der Waals surface area contributed by atoms with Gasteiger partial charge in [-0.3, -0.25) is 10.1 Å². The molecule has 0 aliphatic heterocycles. The first-order valence-corrected chi connectivity index (χ1v) is 6.28. The fraction of sp³-hybridized carbons (Fsp3) is 0.200. The summed E-state index contributed by atoms with van der Waals surface area (Å²) >= 11 is 0. The molecule has 2 rings (SSSR count). The summed E-state index contributed by atoms with van der Waals surface area (Å²) in [5.41, 5.74) is 7.41. The minimum atomic E-state index is -0.610. The first-order chi connectivity index (χ1) is 9.54. The van der Waals surface area contributed by atoms with E-state index in [0.717, 1.165) is 11.6 Å². The van der Waals surface area contributed by atoms with Crippen molar-refractivity contribution in [3.8, 4) is 0 Å². The number of benzene rings is 2. The van der Waals surface area contributed by atoms with Crippen LogP contribution in [0.15, 0.2) is 48.5 Å². The summed E-state index contributed by atoms with van der Waals surface area (Å²) in [7, 11) is 0. The maximum absolute atomic E-state index is 13.3. The van der Waals surface area contributed by atoms with Gasteiger partial charge in [0.15, 0.2) is 0 Å². The maximum atomic E-state index is 13.3. The van der Waals surface area contributed by atoms with Crippen molar-refractivity contribution >= 4 is 5.69 Å². The Balaban J connectivity index is 2.07. The van der Waals surface area contributed by atoms with Gasteiger partial charge in [0.2, 0.25) is 0 Å². The fourth-order valence-corrected chi connectivity index (χ4v) is 2.15. The van der Waals surface area contributed by atoms with Gasteiger partial charge in [0.1, 0.15) is 5.82 Å². The summed E-state index contributed by atoms with van der Waals surface area (Å²) < 4.78 is 13.3. The molecule has 0 aliphatic rings. The standard InChI is InChI=1S/C15H15FN2O2/c16-13-6-12(9-15(10-13)18(19)20)8-14(17)7-11-4-2-1-3-5-11/h1-6,9-10,14H,7-8,17H2. The summed E-state index contributed by atoms with van der Waals surface area (Å²) in [6, 6.07) is 13.1. The molecule has 20 heavy (non-hydrogen) atoms. The van der Waals surface area contributed by atoms with Crippen LogP contribution in [0, 0.1) is 15.9 Å². The molecule has 104 valence electrons. The molecular formula is C15H15FN2O2. The average Bonchev–Trinajstić information content (AvgIpc) is 2.38. The lowest BCUT2D eigenvalue weighted by atomic mass is 9.99. The SMILES string of the molecule is NC(Cc1ccccc1)Cc1cc(F)cc([N+](=O)[O-])c1. The Morgan fingerprint density at radius 1 is 1.10 bits per heavy atom. The second-order valence-corrected chi connectivity index (χ2v) is 4.73. The normalized spacial score (nSPS) is 12.1. The van der Waals surface area contributed by atoms with Crippen molar-refractivity contribution in [2.75, 3.05) is 0 Å². The quantitative estimate of drug-likeness (QED) is 0.673. The van der Waals surface area contributed by atoms with Crippen LogP contribution in [0.25, 0.3) is 0 Å². The van der Waals surface area contributed by atoms with Crippen molar-refractivity contribution in [3.05, 3.63) is 75.6 Å². The number of nitrogens with two attached hydrogens (primary N) is 1. The summed E-state index contributed by atoms with van der Waals surface area (Å²) in [4.78, 5) is 10.1. The van der Waals surface area contributed by atoms with E-state index < -0.39 is 10.7 Å². The van der Waals surface area contributed by atoms with Gasteiger partial charge < -0.3 is 5.73 Å². The van der Waals surface area contributed by atoms with Crippen molar-refractivity contribution in [2.24, 2.45) is 5.73 Å². The topological polar surface area (TPSA) is 69.2 Å². The van der Waals surface area contributed by atoms with Gasteiger partial charge in [-0.25, -0.2) is 4.39 Å². The van der Waals surface area contributed by atoms with E-state index in [9.17, 15) is 14.5 Å². The summed E-state index contributed by atoms with van der Waals surface area (Å²) in [5.74, 6) is -0.610. The third-order valence-corrected chi connectivity index (χ3v) is 2.99. The van der Waals surface area contributed by atoms with Crippen molar-refractivity contribution in [2.45, 2.75) is 18.9 Å². The van der Waals surface area contributed by atoms with Gasteiger partial charge in [-0.2, -0.15) is 0 Å². The molecule has 0 heterocycles. The van der Waals surface area contributed by atoms with E-state index in [1.165, 1.54) is 12.1 Å². The molecule has 0 saturated heterocycles. The monoisotopic (exact) mass is 274 g/mol. The van der Waals surface area contributed by atoms with Crippen LogP contribution in [0.2, 0.25) is 0 Å². The van der Waals surface area contributed by atoms with Crippen LogP contribution in [0.4, 0.5) is 10.1 Å². The van der Waals surface area contributed by atoms with E-state index in [2.05, 4.69) is 0 Å². The van der Waals surface area contributed by atoms with E-state index in [1.807, 2.05) is 30.3 Å². The molecule has 0 aliphatic carbocycles. The summed E-state index contributed by atoms with van der Waals surface area (Å²) in [6.45, 7) is 0. The van der Waals surface area contributed by atoms with Crippen molar-refractivity contribution < 1.29 is 9.31 Å². The zero-order chi connectivity index (χ0) is 14.5. The smallest absolute Gasteiger partial charge is 0.272 e. The van der Waals surface area contributed by atoms with Crippen LogP contribution >= 0.6 is 0 Å². The minimum absolute atomic E-state index is 0.209. The van der Waals surface area contributed by atoms with Gasteiger partial charge in [-0.15, -0.1) is 0 Å². The molecule has 4 nitrogen and oxygen atoms in total. The van der Waals surface area contributed by atoms with E-state index in [1.54, 1.807) is 0 Å². The fourth-order valence-electron chi connectivity index (χ4n) is 2.15. The zero-order valence-corrected chi connectivity index (χ0v) is 10.8. The second kappa shape index (κ2) is 6.25. The molecule has 2 aromatic rings. The van der Waals surface area contributed by atoms with Crippen LogP contribution in [-0.2, 0) is 12.8 Å². The molecule has 0 bridgehead atoms. The Labute approximate surface area is 116 Å². The Hall–Kier alpha value is -2.27. The van der Waals surface area contributed by atoms with Gasteiger partial charge in [-0.05, 0) is 30.0 Å². The summed E-state index contributed by atoms with van der Waals surface area (Å²) in [5, 5.41) is 10.7. The van der Waals surface area contributed by atoms with Crippen LogP contribution in [0.3, 0.4) is 0 Å². The van der Waals surface area contributed by atoms with E-state index in [-0.39, 0.29) is 11.7 Å². The first kappa shape index (κ1) is 14.1. The van der Waals surface area contributed by atoms with E-state index >= 15 is 0 Å². The molecule has 2 N–H and O–H groups in total. The van der Waals surface area contributed by atoms with Crippen LogP contribution in [-0.4, -0.2) is 11.0 Å². The first-order valence-electron chi connectivity index (χ1n) is 6.28. The predicted octanol–water partition coefficient (Wildman–Crippen LogP) is 2.85. The van der Waals surface area contributed by atoms with Gasteiger partial charge in [0.05, 0.1) is 11.0 Å². The molecule has 0 radical (unpaired) electrons. The van der Waals surface area contributed by atoms with Crippen LogP contribution in [0.5, 0.6) is 0 Å². The van der Waals surface area contributed by atoms with Gasteiger partial charge in [0.25, 0.3) is 5.69 Å². The second-order valence-electron chi connectivity index (χ2n) is 4.73. The van der Waals surface area contributed by atoms with E-state index in [0.29, 0.717) is 18.4 Å². The van der Waals surface area contributed by atoms with Crippen molar-refractivity contribution in [3.63, 3.8) is 0 Å². The summed E-state index contributed by atoms with van der Waals surface area (Å²) in [6.07, 6.45) is 1.04. The number of nitro groups is 1. The lowest BCUT2D eigenvalue weighted by Gasteiger charge is -2.11. The molecule has 1 atom stereocenters. The Kier molecular flexibility index (Phi) is 4.42. The van der Waals surface area contributed by atoms with Crippen molar-refractivity contribution in [1.82, 2.24) is 0 Å². The molecule has 0 spiro atoms. The Morgan fingerprint density at radius 2 is 1.75 bits per heavy atom. The van der Waals surface area contributed by atoms with Gasteiger partial charge >= 0.3 is 0 Å². The molecule has 2 aromatic carbocycles. The molecule has 5 heteroatoms. The minimum Gasteiger partial charge on any atom is -0.327 e.